The zero-order valence-corrected chi connectivity index (χ0v) is 26.2. The number of anilines is 3. The fraction of sp³-hybridized carbons (Fsp3) is 0.0698. The van der Waals surface area contributed by atoms with Gasteiger partial charge in [0.1, 0.15) is 23.0 Å². The molecule has 222 valence electrons. The molecule has 3 nitrogen and oxygen atoms in total. The molecule has 47 heavy (non-hydrogen) atoms. The van der Waals surface area contributed by atoms with E-state index in [-0.39, 0.29) is 12.1 Å². The van der Waals surface area contributed by atoms with E-state index in [0.717, 1.165) is 45.5 Å². The molecule has 10 rings (SSSR count). The van der Waals surface area contributed by atoms with E-state index in [9.17, 15) is 0 Å². The molecule has 0 amide bonds. The molecule has 7 aromatic rings. The average Bonchev–Trinajstić information content (AvgIpc) is 3.31. The van der Waals surface area contributed by atoms with Crippen LogP contribution in [0.2, 0.25) is 0 Å². The number of para-hydroxylation sites is 3. The van der Waals surface area contributed by atoms with Crippen LogP contribution < -0.4 is 30.8 Å². The Hall–Kier alpha value is -5.74. The van der Waals surface area contributed by atoms with Crippen molar-refractivity contribution < 1.29 is 9.47 Å². The van der Waals surface area contributed by atoms with E-state index in [0.29, 0.717) is 0 Å². The van der Waals surface area contributed by atoms with Crippen molar-refractivity contribution in [1.82, 2.24) is 0 Å². The highest BCUT2D eigenvalue weighted by molar-refractivity contribution is 6.98. The monoisotopic (exact) mass is 603 g/mol. The van der Waals surface area contributed by atoms with Gasteiger partial charge in [0, 0.05) is 27.9 Å². The number of rotatable bonds is 3. The van der Waals surface area contributed by atoms with Crippen molar-refractivity contribution in [3.05, 3.63) is 157 Å². The Bertz CT molecular complexity index is 2360. The zero-order valence-electron chi connectivity index (χ0n) is 26.2. The summed E-state index contributed by atoms with van der Waals surface area (Å²) in [5.41, 5.74) is 11.9. The van der Waals surface area contributed by atoms with E-state index < -0.39 is 0 Å². The molecule has 0 aromatic heterocycles. The van der Waals surface area contributed by atoms with Crippen molar-refractivity contribution in [2.45, 2.75) is 19.3 Å². The molecule has 2 heterocycles. The van der Waals surface area contributed by atoms with Crippen LogP contribution in [0.5, 0.6) is 23.0 Å². The van der Waals surface area contributed by atoms with Gasteiger partial charge in [-0.2, -0.15) is 0 Å². The average molecular weight is 604 g/mol. The lowest BCUT2D eigenvalue weighted by Crippen LogP contribution is -2.57. The summed E-state index contributed by atoms with van der Waals surface area (Å²) in [4.78, 5) is 2.33. The van der Waals surface area contributed by atoms with Gasteiger partial charge in [-0.05, 0) is 117 Å². The summed E-state index contributed by atoms with van der Waals surface area (Å²) < 4.78 is 13.0. The highest BCUT2D eigenvalue weighted by Crippen LogP contribution is 2.52. The fourth-order valence-electron chi connectivity index (χ4n) is 8.07. The zero-order chi connectivity index (χ0) is 31.3. The standard InChI is InChI=1S/C43H30BNO2/c1-43(2)34-24-28-22-31(45(29-12-5-3-6-13-29)30-14-7-4-8-15-30)21-20-27(28)23-32(34)33-25-41-37(26-35(33)43)44-36-16-9-10-17-38(36)46-39-18-11-19-40(47-41)42(39)44/h3-26H,1-2H3. The second kappa shape index (κ2) is 9.64. The third-order valence-corrected chi connectivity index (χ3v) is 10.3. The van der Waals surface area contributed by atoms with Crippen molar-refractivity contribution in [2.24, 2.45) is 0 Å². The summed E-state index contributed by atoms with van der Waals surface area (Å²) in [5, 5.41) is 2.46. The first-order valence-electron chi connectivity index (χ1n) is 16.3. The molecule has 0 spiro atoms. The highest BCUT2D eigenvalue weighted by atomic mass is 16.5. The van der Waals surface area contributed by atoms with Crippen LogP contribution in [0.15, 0.2) is 146 Å². The first-order valence-corrected chi connectivity index (χ1v) is 16.3. The van der Waals surface area contributed by atoms with Gasteiger partial charge in [0.15, 0.2) is 0 Å². The quantitative estimate of drug-likeness (QED) is 0.188. The second-order valence-corrected chi connectivity index (χ2v) is 13.3. The normalized spacial score (nSPS) is 14.2. The molecule has 7 aromatic carbocycles. The third kappa shape index (κ3) is 3.82. The van der Waals surface area contributed by atoms with E-state index in [1.54, 1.807) is 0 Å². The number of fused-ring (bicyclic) bond motifs is 8. The Labute approximate surface area is 274 Å². The Kier molecular flexibility index (Phi) is 5.43. The molecule has 4 heteroatoms. The van der Waals surface area contributed by atoms with E-state index in [1.165, 1.54) is 44.0 Å². The van der Waals surface area contributed by atoms with E-state index in [4.69, 9.17) is 9.47 Å². The van der Waals surface area contributed by atoms with Gasteiger partial charge < -0.3 is 14.4 Å². The lowest BCUT2D eigenvalue weighted by atomic mass is 9.34. The van der Waals surface area contributed by atoms with E-state index in [2.05, 4.69) is 152 Å². The Morgan fingerprint density at radius 2 is 1.09 bits per heavy atom. The topological polar surface area (TPSA) is 21.7 Å². The molecule has 0 radical (unpaired) electrons. The Balaban J connectivity index is 1.13. The van der Waals surface area contributed by atoms with E-state index >= 15 is 0 Å². The van der Waals surface area contributed by atoms with Gasteiger partial charge in [-0.25, -0.2) is 0 Å². The third-order valence-electron chi connectivity index (χ3n) is 10.3. The van der Waals surface area contributed by atoms with Crippen molar-refractivity contribution in [1.29, 1.82) is 0 Å². The lowest BCUT2D eigenvalue weighted by Gasteiger charge is -2.33. The van der Waals surface area contributed by atoms with Gasteiger partial charge in [-0.15, -0.1) is 0 Å². The minimum atomic E-state index is -0.188. The maximum Gasteiger partial charge on any atom is 0.260 e. The van der Waals surface area contributed by atoms with Crippen molar-refractivity contribution in [3.8, 4) is 34.1 Å². The van der Waals surface area contributed by atoms with Crippen LogP contribution in [-0.2, 0) is 5.41 Å². The van der Waals surface area contributed by atoms with Crippen LogP contribution in [0, 0.1) is 0 Å². The van der Waals surface area contributed by atoms with Crippen LogP contribution in [-0.4, -0.2) is 6.71 Å². The maximum absolute atomic E-state index is 6.68. The molecule has 0 bridgehead atoms. The Morgan fingerprint density at radius 3 is 1.83 bits per heavy atom. The molecule has 0 atom stereocenters. The van der Waals surface area contributed by atoms with Gasteiger partial charge in [0.25, 0.3) is 6.71 Å². The second-order valence-electron chi connectivity index (χ2n) is 13.3. The van der Waals surface area contributed by atoms with Gasteiger partial charge in [0.05, 0.1) is 0 Å². The minimum absolute atomic E-state index is 0.0586. The van der Waals surface area contributed by atoms with E-state index in [1.807, 2.05) is 12.1 Å². The van der Waals surface area contributed by atoms with Crippen molar-refractivity contribution in [2.75, 3.05) is 4.90 Å². The fourth-order valence-corrected chi connectivity index (χ4v) is 8.07. The van der Waals surface area contributed by atoms with Crippen LogP contribution in [0.1, 0.15) is 25.0 Å². The van der Waals surface area contributed by atoms with Crippen LogP contribution >= 0.6 is 0 Å². The molecule has 3 aliphatic rings. The SMILES string of the molecule is CC1(C)c2cc3c(cc2-c2cc4ccc(N(c5ccccc5)c5ccccc5)cc4cc21)Oc1cccc2c1B3c1ccccc1O2. The van der Waals surface area contributed by atoms with Crippen molar-refractivity contribution >= 4 is 50.9 Å². The minimum Gasteiger partial charge on any atom is -0.458 e. The van der Waals surface area contributed by atoms with Gasteiger partial charge in [0.2, 0.25) is 0 Å². The van der Waals surface area contributed by atoms with Crippen LogP contribution in [0.4, 0.5) is 17.1 Å². The number of hydrogen-bond acceptors (Lipinski definition) is 3. The molecule has 2 aliphatic heterocycles. The highest BCUT2D eigenvalue weighted by Gasteiger charge is 2.43. The molecule has 0 fully saturated rings. The summed E-state index contributed by atoms with van der Waals surface area (Å²) in [6.07, 6.45) is 0. The summed E-state index contributed by atoms with van der Waals surface area (Å²) >= 11 is 0. The van der Waals surface area contributed by atoms with Crippen LogP contribution in [0.25, 0.3) is 21.9 Å². The molecule has 0 saturated heterocycles. The molecule has 0 unspecified atom stereocenters. The predicted molar refractivity (Wildman–Crippen MR) is 194 cm³/mol. The number of hydrogen-bond donors (Lipinski definition) is 0. The molecular formula is C43H30BNO2. The smallest absolute Gasteiger partial charge is 0.260 e. The first kappa shape index (κ1) is 26.5. The largest absolute Gasteiger partial charge is 0.458 e. The lowest BCUT2D eigenvalue weighted by molar-refractivity contribution is 0.464. The Morgan fingerprint density at radius 1 is 0.468 bits per heavy atom. The molecule has 0 saturated carbocycles. The summed E-state index contributed by atoms with van der Waals surface area (Å²) in [6, 6.07) is 52.1. The van der Waals surface area contributed by atoms with Gasteiger partial charge in [-0.1, -0.05) is 86.6 Å². The summed E-state index contributed by atoms with van der Waals surface area (Å²) in [7, 11) is 0. The molecular weight excluding hydrogens is 573 g/mol. The number of benzene rings is 7. The predicted octanol–water partition coefficient (Wildman–Crippen LogP) is 9.34. The maximum atomic E-state index is 6.68. The molecule has 1 aliphatic carbocycles. The van der Waals surface area contributed by atoms with Gasteiger partial charge in [-0.3, -0.25) is 0 Å². The molecule has 0 N–H and O–H groups in total. The number of nitrogens with zero attached hydrogens (tertiary/aromatic N) is 1. The first-order chi connectivity index (χ1) is 23.0. The van der Waals surface area contributed by atoms with Gasteiger partial charge >= 0.3 is 0 Å². The van der Waals surface area contributed by atoms with Crippen molar-refractivity contribution in [3.63, 3.8) is 0 Å². The summed E-state index contributed by atoms with van der Waals surface area (Å²) in [5.74, 6) is 3.59. The number of ether oxygens (including phenoxy) is 2. The summed E-state index contributed by atoms with van der Waals surface area (Å²) in [6.45, 7) is 4.78. The van der Waals surface area contributed by atoms with Crippen LogP contribution in [0.3, 0.4) is 0 Å².